The lowest BCUT2D eigenvalue weighted by atomic mass is 9.43. The average molecular weight is 414 g/mol. The summed E-state index contributed by atoms with van der Waals surface area (Å²) in [5.41, 5.74) is -0.834. The van der Waals surface area contributed by atoms with Crippen LogP contribution in [0.1, 0.15) is 63.9 Å². The van der Waals surface area contributed by atoms with Crippen molar-refractivity contribution in [3.8, 4) is 0 Å². The number of hydrogen-bond donors (Lipinski definition) is 2. The smallest absolute Gasteiger partial charge is 0.335 e. The Labute approximate surface area is 175 Å². The highest BCUT2D eigenvalue weighted by Gasteiger charge is 2.85. The van der Waals surface area contributed by atoms with E-state index >= 15 is 0 Å². The zero-order valence-corrected chi connectivity index (χ0v) is 17.5. The maximum absolute atomic E-state index is 12.1. The molecule has 6 rings (SSSR count). The van der Waals surface area contributed by atoms with Gasteiger partial charge in [0, 0.05) is 30.2 Å². The molecule has 0 amide bonds. The molecule has 0 aromatic carbocycles. The molecule has 2 heterocycles. The van der Waals surface area contributed by atoms with Gasteiger partial charge in [-0.05, 0) is 60.5 Å². The fraction of sp³-hybridized carbons (Fsp3) is 0.750. The number of carbonyl (C=O) groups is 1. The summed E-state index contributed by atoms with van der Waals surface area (Å²) in [6.45, 7) is 4.37. The van der Waals surface area contributed by atoms with Gasteiger partial charge in [0.15, 0.2) is 0 Å². The first-order valence-corrected chi connectivity index (χ1v) is 11.4. The summed E-state index contributed by atoms with van der Waals surface area (Å²) in [6, 6.07) is 3.10. The molecule has 5 fully saturated rings. The minimum absolute atomic E-state index is 0.0347. The first kappa shape index (κ1) is 19.2. The highest BCUT2D eigenvalue weighted by atomic mass is 16.6. The molecule has 4 aliphatic carbocycles. The third-order valence-electron chi connectivity index (χ3n) is 10.1. The van der Waals surface area contributed by atoms with E-state index in [1.54, 1.807) is 6.07 Å². The lowest BCUT2D eigenvalue weighted by molar-refractivity contribution is -0.182. The largest absolute Gasteiger partial charge is 0.431 e. The molecule has 1 aliphatic heterocycles. The minimum atomic E-state index is -0.741. The lowest BCUT2D eigenvalue weighted by Crippen LogP contribution is -2.63. The van der Waals surface area contributed by atoms with Crippen LogP contribution in [0, 0.1) is 28.6 Å². The van der Waals surface area contributed by atoms with Crippen molar-refractivity contribution in [3.05, 3.63) is 34.4 Å². The Hall–Kier alpha value is -1.50. The maximum atomic E-state index is 12.1. The van der Waals surface area contributed by atoms with Gasteiger partial charge >= 0.3 is 5.63 Å². The van der Waals surface area contributed by atoms with Crippen molar-refractivity contribution in [1.82, 2.24) is 0 Å². The number of fused-ring (bicyclic) bond motifs is 3. The Balaban J connectivity index is 1.43. The number of ether oxygens (including phenoxy) is 1. The Morgan fingerprint density at radius 1 is 1.10 bits per heavy atom. The van der Waals surface area contributed by atoms with Gasteiger partial charge in [-0.1, -0.05) is 13.8 Å². The van der Waals surface area contributed by atoms with Crippen LogP contribution < -0.4 is 5.63 Å². The van der Waals surface area contributed by atoms with Crippen LogP contribution in [0.5, 0.6) is 0 Å². The molecule has 2 N–H and O–H groups in total. The standard InChI is InChI=1S/C24H30O6/c1-22-8-7-14(25)9-13(22)4-5-15-16(22)10-17(26)23(2)19(12-3-6-18(27)29-11-12)20(28)21-24(15,23)30-21/h3,6,11,13,15-17,19-21,26,28H,4-5,7-10H2,1-2H3/t13-,15-,16+,17-,19+,20-,21-,22+,23-,24-/m1/s1. The number of aliphatic hydroxyl groups excluding tert-OH is 2. The van der Waals surface area contributed by atoms with Crippen molar-refractivity contribution in [2.75, 3.05) is 0 Å². The van der Waals surface area contributed by atoms with Gasteiger partial charge in [0.2, 0.25) is 0 Å². The van der Waals surface area contributed by atoms with Crippen LogP contribution in [0.25, 0.3) is 0 Å². The van der Waals surface area contributed by atoms with E-state index in [1.807, 2.05) is 0 Å². The molecular weight excluding hydrogens is 384 g/mol. The number of hydrogen-bond acceptors (Lipinski definition) is 6. The summed E-state index contributed by atoms with van der Waals surface area (Å²) in [7, 11) is 0. The summed E-state index contributed by atoms with van der Waals surface area (Å²) >= 11 is 0. The van der Waals surface area contributed by atoms with Crippen LogP contribution in [0.2, 0.25) is 0 Å². The number of epoxide rings is 1. The topological polar surface area (TPSA) is 100 Å². The van der Waals surface area contributed by atoms with Crippen molar-refractivity contribution < 1.29 is 24.2 Å². The van der Waals surface area contributed by atoms with Crippen molar-refractivity contribution in [2.45, 2.75) is 82.2 Å². The van der Waals surface area contributed by atoms with Gasteiger partial charge in [0.1, 0.15) is 17.5 Å². The molecule has 1 aromatic heterocycles. The van der Waals surface area contributed by atoms with Crippen LogP contribution >= 0.6 is 0 Å². The zero-order valence-electron chi connectivity index (χ0n) is 17.5. The van der Waals surface area contributed by atoms with Crippen LogP contribution in [-0.4, -0.2) is 39.9 Å². The molecule has 1 spiro atoms. The SMILES string of the molecule is C[C@]12CCC(=O)C[C@H]1CC[C@@H]1[C@@H]2C[C@@H](O)[C@]2(C)[C@@H](c3ccc(=O)oc3)[C@@H](O)[C@H]3O[C@]132. The highest BCUT2D eigenvalue weighted by molar-refractivity contribution is 5.79. The minimum Gasteiger partial charge on any atom is -0.431 e. The number of Topliss-reactive ketones (excluding diaryl/α,β-unsaturated/α-hetero) is 1. The molecule has 1 aromatic rings. The van der Waals surface area contributed by atoms with E-state index in [4.69, 9.17) is 9.15 Å². The number of ketones is 1. The van der Waals surface area contributed by atoms with Crippen molar-refractivity contribution in [3.63, 3.8) is 0 Å². The van der Waals surface area contributed by atoms with Gasteiger partial charge in [-0.2, -0.15) is 0 Å². The highest BCUT2D eigenvalue weighted by Crippen LogP contribution is 2.77. The summed E-state index contributed by atoms with van der Waals surface area (Å²) in [4.78, 5) is 23.6. The van der Waals surface area contributed by atoms with E-state index in [2.05, 4.69) is 13.8 Å². The van der Waals surface area contributed by atoms with E-state index in [-0.39, 0.29) is 29.3 Å². The summed E-state index contributed by atoms with van der Waals surface area (Å²) < 4.78 is 11.5. The molecule has 0 bridgehead atoms. The average Bonchev–Trinajstić information content (AvgIpc) is 3.42. The van der Waals surface area contributed by atoms with Gasteiger partial charge in [-0.3, -0.25) is 4.79 Å². The summed E-state index contributed by atoms with van der Waals surface area (Å²) in [5, 5.41) is 22.8. The third-order valence-corrected chi connectivity index (χ3v) is 10.1. The van der Waals surface area contributed by atoms with Crippen LogP contribution in [0.15, 0.2) is 27.6 Å². The monoisotopic (exact) mass is 414 g/mol. The van der Waals surface area contributed by atoms with Crippen LogP contribution in [0.4, 0.5) is 0 Å². The Bertz CT molecular complexity index is 950. The Morgan fingerprint density at radius 3 is 2.63 bits per heavy atom. The van der Waals surface area contributed by atoms with E-state index in [1.165, 1.54) is 12.3 Å². The molecule has 1 saturated heterocycles. The zero-order chi connectivity index (χ0) is 21.1. The molecule has 4 saturated carbocycles. The van der Waals surface area contributed by atoms with Gasteiger partial charge in [0.25, 0.3) is 0 Å². The van der Waals surface area contributed by atoms with E-state index in [9.17, 15) is 19.8 Å². The molecule has 0 radical (unpaired) electrons. The number of carbonyl (C=O) groups excluding carboxylic acids is 1. The fourth-order valence-electron chi connectivity index (χ4n) is 8.58. The second kappa shape index (κ2) is 5.84. The third kappa shape index (κ3) is 2.06. The molecule has 5 aliphatic rings. The van der Waals surface area contributed by atoms with Crippen molar-refractivity contribution in [1.29, 1.82) is 0 Å². The Kier molecular flexibility index (Phi) is 3.74. The van der Waals surface area contributed by atoms with Gasteiger partial charge < -0.3 is 19.4 Å². The predicted molar refractivity (Wildman–Crippen MR) is 107 cm³/mol. The molecule has 6 heteroatoms. The van der Waals surface area contributed by atoms with Gasteiger partial charge in [-0.25, -0.2) is 4.79 Å². The Morgan fingerprint density at radius 2 is 1.90 bits per heavy atom. The van der Waals surface area contributed by atoms with E-state index in [0.29, 0.717) is 31.0 Å². The first-order valence-electron chi connectivity index (χ1n) is 11.4. The molecule has 0 unspecified atom stereocenters. The van der Waals surface area contributed by atoms with E-state index in [0.717, 1.165) is 24.8 Å². The first-order chi connectivity index (χ1) is 14.2. The quantitative estimate of drug-likeness (QED) is 0.685. The number of aliphatic hydroxyl groups is 2. The van der Waals surface area contributed by atoms with Crippen molar-refractivity contribution in [2.24, 2.45) is 28.6 Å². The predicted octanol–water partition coefficient (Wildman–Crippen LogP) is 2.41. The lowest BCUT2D eigenvalue weighted by Gasteiger charge is -2.61. The van der Waals surface area contributed by atoms with Crippen LogP contribution in [-0.2, 0) is 9.53 Å². The number of rotatable bonds is 1. The molecule has 30 heavy (non-hydrogen) atoms. The molecule has 162 valence electrons. The second-order valence-corrected chi connectivity index (χ2v) is 11.0. The molecular formula is C24H30O6. The second-order valence-electron chi connectivity index (χ2n) is 11.0. The fourth-order valence-corrected chi connectivity index (χ4v) is 8.58. The van der Waals surface area contributed by atoms with Crippen molar-refractivity contribution >= 4 is 5.78 Å². The normalized spacial score (nSPS) is 54.0. The van der Waals surface area contributed by atoms with Gasteiger partial charge in [-0.15, -0.1) is 0 Å². The molecule has 10 atom stereocenters. The van der Waals surface area contributed by atoms with Crippen LogP contribution in [0.3, 0.4) is 0 Å². The molecule has 6 nitrogen and oxygen atoms in total. The van der Waals surface area contributed by atoms with E-state index < -0.39 is 28.8 Å². The van der Waals surface area contributed by atoms with Gasteiger partial charge in [0.05, 0.1) is 18.5 Å². The summed E-state index contributed by atoms with van der Waals surface area (Å²) in [5.74, 6) is 0.973. The maximum Gasteiger partial charge on any atom is 0.335 e. The summed E-state index contributed by atoms with van der Waals surface area (Å²) in [6.07, 6.45) is 4.59.